The van der Waals surface area contributed by atoms with Gasteiger partial charge in [-0.15, -0.1) is 0 Å². The number of amides is 1. The van der Waals surface area contributed by atoms with Gasteiger partial charge in [0, 0.05) is 23.2 Å². The standard InChI is InChI=1S/C27H23N5O3/c1-17(2)34-25-11-9-20(15-29-25)30-27(33)26-23-13-18(8-10-24(23)31-32-26)19-12-22(16-28-14-19)35-21-6-4-3-5-7-21/h3-17H,1-2H3,(H,30,33)(H,31,32). The fourth-order valence-electron chi connectivity index (χ4n) is 3.58. The Morgan fingerprint density at radius 1 is 0.914 bits per heavy atom. The number of H-pyrrole nitrogens is 1. The summed E-state index contributed by atoms with van der Waals surface area (Å²) in [4.78, 5) is 21.5. The molecule has 0 unspecified atom stereocenters. The van der Waals surface area contributed by atoms with Gasteiger partial charge in [-0.3, -0.25) is 14.9 Å². The molecule has 1 amide bonds. The zero-order valence-electron chi connectivity index (χ0n) is 19.2. The predicted molar refractivity (Wildman–Crippen MR) is 134 cm³/mol. The van der Waals surface area contributed by atoms with Crippen LogP contribution in [0.1, 0.15) is 24.3 Å². The van der Waals surface area contributed by atoms with E-state index < -0.39 is 0 Å². The Kier molecular flexibility index (Phi) is 6.09. The molecule has 0 aliphatic carbocycles. The van der Waals surface area contributed by atoms with Crippen LogP contribution >= 0.6 is 0 Å². The second kappa shape index (κ2) is 9.64. The molecule has 0 saturated carbocycles. The smallest absolute Gasteiger partial charge is 0.276 e. The molecule has 0 fully saturated rings. The van der Waals surface area contributed by atoms with E-state index in [1.165, 1.54) is 0 Å². The highest BCUT2D eigenvalue weighted by Gasteiger charge is 2.16. The number of pyridine rings is 2. The number of nitrogens with zero attached hydrogens (tertiary/aromatic N) is 3. The van der Waals surface area contributed by atoms with Gasteiger partial charge in [0.25, 0.3) is 5.91 Å². The predicted octanol–water partition coefficient (Wildman–Crippen LogP) is 5.85. The summed E-state index contributed by atoms with van der Waals surface area (Å²) in [6, 6.07) is 20.6. The van der Waals surface area contributed by atoms with Crippen molar-refractivity contribution in [1.82, 2.24) is 20.2 Å². The first-order valence-electron chi connectivity index (χ1n) is 11.2. The van der Waals surface area contributed by atoms with Crippen LogP contribution in [0.3, 0.4) is 0 Å². The fraction of sp³-hybridized carbons (Fsp3) is 0.111. The Bertz CT molecular complexity index is 1460. The SMILES string of the molecule is CC(C)Oc1ccc(NC(=O)c2n[nH]c3ccc(-c4cncc(Oc5ccccc5)c4)cc23)cn1. The first kappa shape index (κ1) is 22.1. The summed E-state index contributed by atoms with van der Waals surface area (Å²) < 4.78 is 11.5. The van der Waals surface area contributed by atoms with Gasteiger partial charge in [-0.2, -0.15) is 5.10 Å². The first-order chi connectivity index (χ1) is 17.0. The van der Waals surface area contributed by atoms with Gasteiger partial charge in [0.05, 0.1) is 29.7 Å². The van der Waals surface area contributed by atoms with Crippen LogP contribution in [0.4, 0.5) is 5.69 Å². The van der Waals surface area contributed by atoms with E-state index in [0.717, 1.165) is 22.4 Å². The average molecular weight is 466 g/mol. The minimum atomic E-state index is -0.341. The number of ether oxygens (including phenoxy) is 2. The monoisotopic (exact) mass is 465 g/mol. The van der Waals surface area contributed by atoms with Gasteiger partial charge in [0.15, 0.2) is 5.69 Å². The van der Waals surface area contributed by atoms with Gasteiger partial charge in [-0.25, -0.2) is 4.98 Å². The van der Waals surface area contributed by atoms with E-state index in [4.69, 9.17) is 9.47 Å². The third kappa shape index (κ3) is 5.11. The van der Waals surface area contributed by atoms with Crippen LogP contribution in [0.15, 0.2) is 85.3 Å². The third-order valence-corrected chi connectivity index (χ3v) is 5.15. The molecule has 2 aromatic carbocycles. The second-order valence-corrected chi connectivity index (χ2v) is 8.16. The van der Waals surface area contributed by atoms with Crippen LogP contribution in [-0.4, -0.2) is 32.2 Å². The molecule has 0 saturated heterocycles. The van der Waals surface area contributed by atoms with Crippen LogP contribution in [0.25, 0.3) is 22.0 Å². The number of carbonyl (C=O) groups excluding carboxylic acids is 1. The molecule has 0 spiro atoms. The molecular formula is C27H23N5O3. The number of rotatable bonds is 7. The van der Waals surface area contributed by atoms with E-state index in [1.54, 1.807) is 30.7 Å². The molecule has 0 atom stereocenters. The molecule has 0 aliphatic heterocycles. The van der Waals surface area contributed by atoms with Gasteiger partial charge < -0.3 is 14.8 Å². The Morgan fingerprint density at radius 3 is 2.54 bits per heavy atom. The van der Waals surface area contributed by atoms with Crippen molar-refractivity contribution >= 4 is 22.5 Å². The number of aromatic amines is 1. The quantitative estimate of drug-likeness (QED) is 0.313. The molecule has 0 bridgehead atoms. The van der Waals surface area contributed by atoms with E-state index in [1.807, 2.05) is 68.4 Å². The van der Waals surface area contributed by atoms with Crippen LogP contribution in [0.5, 0.6) is 17.4 Å². The van der Waals surface area contributed by atoms with Crippen molar-refractivity contribution in [2.45, 2.75) is 20.0 Å². The van der Waals surface area contributed by atoms with E-state index >= 15 is 0 Å². The number of para-hydroxylation sites is 1. The summed E-state index contributed by atoms with van der Waals surface area (Å²) in [6.45, 7) is 3.86. The molecule has 0 aliphatic rings. The number of carbonyl (C=O) groups is 1. The number of nitrogens with one attached hydrogen (secondary N) is 2. The lowest BCUT2D eigenvalue weighted by atomic mass is 10.0. The molecule has 174 valence electrons. The molecule has 8 nitrogen and oxygen atoms in total. The molecule has 35 heavy (non-hydrogen) atoms. The van der Waals surface area contributed by atoms with Crippen LogP contribution in [-0.2, 0) is 0 Å². The lowest BCUT2D eigenvalue weighted by Crippen LogP contribution is -2.13. The number of benzene rings is 2. The van der Waals surface area contributed by atoms with E-state index in [0.29, 0.717) is 22.7 Å². The van der Waals surface area contributed by atoms with Crippen molar-refractivity contribution < 1.29 is 14.3 Å². The Balaban J connectivity index is 1.38. The van der Waals surface area contributed by atoms with E-state index in [9.17, 15) is 4.79 Å². The van der Waals surface area contributed by atoms with Gasteiger partial charge in [-0.05, 0) is 55.8 Å². The van der Waals surface area contributed by atoms with E-state index in [2.05, 4.69) is 25.5 Å². The van der Waals surface area contributed by atoms with Crippen molar-refractivity contribution in [3.05, 3.63) is 91.0 Å². The van der Waals surface area contributed by atoms with Crippen molar-refractivity contribution in [3.63, 3.8) is 0 Å². The molecule has 0 radical (unpaired) electrons. The second-order valence-electron chi connectivity index (χ2n) is 8.16. The maximum absolute atomic E-state index is 13.0. The highest BCUT2D eigenvalue weighted by atomic mass is 16.5. The van der Waals surface area contributed by atoms with Crippen molar-refractivity contribution in [3.8, 4) is 28.5 Å². The van der Waals surface area contributed by atoms with Crippen molar-refractivity contribution in [2.24, 2.45) is 0 Å². The third-order valence-electron chi connectivity index (χ3n) is 5.15. The normalized spacial score (nSPS) is 10.9. The summed E-state index contributed by atoms with van der Waals surface area (Å²) in [5, 5.41) is 10.7. The summed E-state index contributed by atoms with van der Waals surface area (Å²) in [7, 11) is 0. The van der Waals surface area contributed by atoms with E-state index in [-0.39, 0.29) is 17.7 Å². The van der Waals surface area contributed by atoms with Gasteiger partial charge in [-0.1, -0.05) is 24.3 Å². The minimum absolute atomic E-state index is 0.0216. The summed E-state index contributed by atoms with van der Waals surface area (Å²) in [5.74, 6) is 1.51. The Labute approximate surface area is 202 Å². The van der Waals surface area contributed by atoms with Crippen LogP contribution in [0.2, 0.25) is 0 Å². The zero-order valence-corrected chi connectivity index (χ0v) is 19.2. The first-order valence-corrected chi connectivity index (χ1v) is 11.2. The molecule has 3 heterocycles. The van der Waals surface area contributed by atoms with Crippen molar-refractivity contribution in [2.75, 3.05) is 5.32 Å². The molecule has 3 aromatic heterocycles. The molecule has 5 rings (SSSR count). The number of anilines is 1. The number of fused-ring (bicyclic) bond motifs is 1. The maximum atomic E-state index is 13.0. The van der Waals surface area contributed by atoms with Crippen LogP contribution < -0.4 is 14.8 Å². The Morgan fingerprint density at radius 2 is 1.77 bits per heavy atom. The largest absolute Gasteiger partial charge is 0.475 e. The molecular weight excluding hydrogens is 442 g/mol. The van der Waals surface area contributed by atoms with Gasteiger partial charge in [0.2, 0.25) is 5.88 Å². The number of aromatic nitrogens is 4. The molecule has 2 N–H and O–H groups in total. The summed E-state index contributed by atoms with van der Waals surface area (Å²) >= 11 is 0. The van der Waals surface area contributed by atoms with Crippen molar-refractivity contribution in [1.29, 1.82) is 0 Å². The summed E-state index contributed by atoms with van der Waals surface area (Å²) in [5.41, 5.74) is 3.33. The summed E-state index contributed by atoms with van der Waals surface area (Å²) in [6.07, 6.45) is 5.00. The molecule has 5 aromatic rings. The lowest BCUT2D eigenvalue weighted by molar-refractivity contribution is 0.102. The topological polar surface area (TPSA) is 102 Å². The zero-order chi connectivity index (χ0) is 24.2. The maximum Gasteiger partial charge on any atom is 0.276 e. The number of hydrogen-bond acceptors (Lipinski definition) is 6. The highest BCUT2D eigenvalue weighted by molar-refractivity contribution is 6.11. The van der Waals surface area contributed by atoms with Gasteiger partial charge >= 0.3 is 0 Å². The molecule has 8 heteroatoms. The van der Waals surface area contributed by atoms with Gasteiger partial charge in [0.1, 0.15) is 11.5 Å². The average Bonchev–Trinajstić information content (AvgIpc) is 3.29. The van der Waals surface area contributed by atoms with Crippen LogP contribution in [0, 0.1) is 0 Å². The minimum Gasteiger partial charge on any atom is -0.475 e. The highest BCUT2D eigenvalue weighted by Crippen LogP contribution is 2.29. The fourth-order valence-corrected chi connectivity index (χ4v) is 3.58. The Hall–Kier alpha value is -4.72. The number of hydrogen-bond donors (Lipinski definition) is 2. The lowest BCUT2D eigenvalue weighted by Gasteiger charge is -2.09.